The molecule has 0 atom stereocenters. The van der Waals surface area contributed by atoms with E-state index in [9.17, 15) is 4.39 Å². The highest BCUT2D eigenvalue weighted by Gasteiger charge is 2.10. The molecule has 0 aromatic carbocycles. The highest BCUT2D eigenvalue weighted by Crippen LogP contribution is 2.20. The minimum Gasteiger partial charge on any atom is -0.479 e. The average molecular weight is 282 g/mol. The summed E-state index contributed by atoms with van der Waals surface area (Å²) in [6.45, 7) is 4.61. The summed E-state index contributed by atoms with van der Waals surface area (Å²) in [5.74, 6) is -0.295. The van der Waals surface area contributed by atoms with E-state index in [2.05, 4.69) is 27.2 Å². The third-order valence-corrected chi connectivity index (χ3v) is 3.55. The van der Waals surface area contributed by atoms with E-state index < -0.39 is 5.82 Å². The first-order chi connectivity index (χ1) is 9.13. The summed E-state index contributed by atoms with van der Waals surface area (Å²) >= 11 is 1.64. The van der Waals surface area contributed by atoms with Crippen molar-refractivity contribution in [3.05, 3.63) is 27.6 Å². The third kappa shape index (κ3) is 3.17. The largest absolute Gasteiger partial charge is 0.479 e. The van der Waals surface area contributed by atoms with Gasteiger partial charge in [0.05, 0.1) is 30.6 Å². The first-order valence-electron chi connectivity index (χ1n) is 5.89. The molecule has 0 saturated carbocycles. The molecule has 2 rings (SSSR count). The van der Waals surface area contributed by atoms with Crippen LogP contribution >= 0.6 is 11.3 Å². The van der Waals surface area contributed by atoms with Gasteiger partial charge in [0.15, 0.2) is 0 Å². The van der Waals surface area contributed by atoms with E-state index in [-0.39, 0.29) is 5.88 Å². The van der Waals surface area contributed by atoms with E-state index in [4.69, 9.17) is 4.74 Å². The molecule has 102 valence electrons. The van der Waals surface area contributed by atoms with Crippen LogP contribution in [0.2, 0.25) is 0 Å². The lowest BCUT2D eigenvalue weighted by molar-refractivity contribution is 0.368. The van der Waals surface area contributed by atoms with Gasteiger partial charge in [0.1, 0.15) is 0 Å². The van der Waals surface area contributed by atoms with Crippen LogP contribution in [0.5, 0.6) is 5.88 Å². The lowest BCUT2D eigenvalue weighted by atomic mass is 10.3. The van der Waals surface area contributed by atoms with Crippen LogP contribution in [0.3, 0.4) is 0 Å². The van der Waals surface area contributed by atoms with Crippen LogP contribution in [0.15, 0.2) is 6.20 Å². The fraction of sp³-hybridized carbons (Fsp3) is 0.417. The summed E-state index contributed by atoms with van der Waals surface area (Å²) in [4.78, 5) is 13.4. The number of hydrogen-bond acceptors (Lipinski definition) is 6. The van der Waals surface area contributed by atoms with Crippen molar-refractivity contribution in [3.8, 4) is 5.88 Å². The van der Waals surface area contributed by atoms with Gasteiger partial charge in [-0.1, -0.05) is 6.92 Å². The van der Waals surface area contributed by atoms with Crippen LogP contribution < -0.4 is 10.1 Å². The maximum Gasteiger partial charge on any atom is 0.255 e. The summed E-state index contributed by atoms with van der Waals surface area (Å²) in [6.07, 6.45) is 1.97. The standard InChI is InChI=1S/C12H15FN4OS/c1-4-9-10(19-7(2)16-9)6-15-12-14-5-8(13)11(17-12)18-3/h5H,4,6H2,1-3H3,(H,14,15,17). The number of hydrogen-bond donors (Lipinski definition) is 1. The molecule has 0 aliphatic carbocycles. The Labute approximate surface area is 114 Å². The highest BCUT2D eigenvalue weighted by molar-refractivity contribution is 7.11. The number of nitrogens with one attached hydrogen (secondary N) is 1. The van der Waals surface area contributed by atoms with Crippen molar-refractivity contribution in [3.63, 3.8) is 0 Å². The molecular weight excluding hydrogens is 267 g/mol. The summed E-state index contributed by atoms with van der Waals surface area (Å²) < 4.78 is 18.0. The van der Waals surface area contributed by atoms with E-state index in [1.807, 2.05) is 6.92 Å². The van der Waals surface area contributed by atoms with Crippen molar-refractivity contribution >= 4 is 17.3 Å². The minimum atomic E-state index is -0.573. The number of rotatable bonds is 5. The molecule has 0 unspecified atom stereocenters. The molecule has 1 N–H and O–H groups in total. The van der Waals surface area contributed by atoms with E-state index >= 15 is 0 Å². The Morgan fingerprint density at radius 1 is 1.42 bits per heavy atom. The van der Waals surface area contributed by atoms with Gasteiger partial charge in [-0.15, -0.1) is 11.3 Å². The van der Waals surface area contributed by atoms with Crippen LogP contribution in [0, 0.1) is 12.7 Å². The maximum absolute atomic E-state index is 13.2. The normalized spacial score (nSPS) is 10.5. The number of nitrogens with zero attached hydrogens (tertiary/aromatic N) is 3. The molecule has 19 heavy (non-hydrogen) atoms. The third-order valence-electron chi connectivity index (χ3n) is 2.53. The lowest BCUT2D eigenvalue weighted by Gasteiger charge is -2.06. The molecule has 0 bridgehead atoms. The Bertz CT molecular complexity index is 573. The number of halogens is 1. The van der Waals surface area contributed by atoms with Crippen molar-refractivity contribution in [2.75, 3.05) is 12.4 Å². The molecule has 0 aliphatic heterocycles. The Morgan fingerprint density at radius 3 is 2.89 bits per heavy atom. The summed E-state index contributed by atoms with van der Waals surface area (Å²) in [7, 11) is 1.37. The summed E-state index contributed by atoms with van der Waals surface area (Å²) in [5, 5.41) is 4.09. The predicted molar refractivity (Wildman–Crippen MR) is 72.1 cm³/mol. The number of aryl methyl sites for hydroxylation is 2. The topological polar surface area (TPSA) is 59.9 Å². The highest BCUT2D eigenvalue weighted by atomic mass is 32.1. The van der Waals surface area contributed by atoms with Gasteiger partial charge in [0.2, 0.25) is 11.8 Å². The van der Waals surface area contributed by atoms with E-state index in [1.54, 1.807) is 11.3 Å². The molecule has 2 aromatic heterocycles. The van der Waals surface area contributed by atoms with E-state index in [0.29, 0.717) is 12.5 Å². The zero-order valence-corrected chi connectivity index (χ0v) is 11.8. The molecule has 0 amide bonds. The van der Waals surface area contributed by atoms with Gasteiger partial charge in [-0.05, 0) is 13.3 Å². The van der Waals surface area contributed by atoms with Crippen LogP contribution in [0.25, 0.3) is 0 Å². The van der Waals surface area contributed by atoms with Gasteiger partial charge in [-0.2, -0.15) is 9.37 Å². The molecule has 0 spiro atoms. The number of anilines is 1. The number of methoxy groups -OCH3 is 1. The van der Waals surface area contributed by atoms with Crippen LogP contribution in [-0.4, -0.2) is 22.1 Å². The lowest BCUT2D eigenvalue weighted by Crippen LogP contribution is -2.05. The van der Waals surface area contributed by atoms with Gasteiger partial charge in [-0.3, -0.25) is 0 Å². The zero-order valence-electron chi connectivity index (χ0n) is 11.0. The van der Waals surface area contributed by atoms with Gasteiger partial charge < -0.3 is 10.1 Å². The fourth-order valence-corrected chi connectivity index (χ4v) is 2.63. The van der Waals surface area contributed by atoms with E-state index in [1.165, 1.54) is 7.11 Å². The molecule has 0 aliphatic rings. The van der Waals surface area contributed by atoms with Crippen molar-refractivity contribution in [1.29, 1.82) is 0 Å². The maximum atomic E-state index is 13.2. The molecule has 0 fully saturated rings. The van der Waals surface area contributed by atoms with Crippen molar-refractivity contribution in [2.45, 2.75) is 26.8 Å². The second kappa shape index (κ2) is 5.92. The SMILES string of the molecule is CCc1nc(C)sc1CNc1ncc(F)c(OC)n1. The van der Waals surface area contributed by atoms with Gasteiger partial charge in [0.25, 0.3) is 5.88 Å². The second-order valence-electron chi connectivity index (χ2n) is 3.86. The molecule has 2 aromatic rings. The Balaban J connectivity index is 2.09. The monoisotopic (exact) mass is 282 g/mol. The van der Waals surface area contributed by atoms with Gasteiger partial charge >= 0.3 is 0 Å². The molecule has 7 heteroatoms. The van der Waals surface area contributed by atoms with Crippen LogP contribution in [0.4, 0.5) is 10.3 Å². The number of aromatic nitrogens is 3. The Hall–Kier alpha value is -1.76. The average Bonchev–Trinajstić information content (AvgIpc) is 2.78. The molecular formula is C12H15FN4OS. The number of thiazole rings is 1. The van der Waals surface area contributed by atoms with E-state index in [0.717, 1.165) is 28.2 Å². The van der Waals surface area contributed by atoms with Crippen molar-refractivity contribution in [1.82, 2.24) is 15.0 Å². The van der Waals surface area contributed by atoms with Crippen LogP contribution in [0.1, 0.15) is 22.5 Å². The first-order valence-corrected chi connectivity index (χ1v) is 6.71. The fourth-order valence-electron chi connectivity index (χ4n) is 1.67. The Morgan fingerprint density at radius 2 is 2.21 bits per heavy atom. The zero-order chi connectivity index (χ0) is 13.8. The first kappa shape index (κ1) is 13.7. The van der Waals surface area contributed by atoms with Gasteiger partial charge in [0, 0.05) is 4.88 Å². The minimum absolute atomic E-state index is 0.0614. The Kier molecular flexibility index (Phi) is 4.26. The van der Waals surface area contributed by atoms with Crippen molar-refractivity contribution in [2.24, 2.45) is 0 Å². The quantitative estimate of drug-likeness (QED) is 0.913. The predicted octanol–water partition coefficient (Wildman–Crippen LogP) is 2.56. The summed E-state index contributed by atoms with van der Waals surface area (Å²) in [5.41, 5.74) is 1.07. The van der Waals surface area contributed by atoms with Crippen molar-refractivity contribution < 1.29 is 9.13 Å². The molecule has 0 radical (unpaired) electrons. The van der Waals surface area contributed by atoms with Crippen LogP contribution in [-0.2, 0) is 13.0 Å². The second-order valence-corrected chi connectivity index (χ2v) is 5.15. The molecule has 0 saturated heterocycles. The number of ether oxygens (including phenoxy) is 1. The summed E-state index contributed by atoms with van der Waals surface area (Å²) in [6, 6.07) is 0. The van der Waals surface area contributed by atoms with Gasteiger partial charge in [-0.25, -0.2) is 9.97 Å². The molecule has 5 nitrogen and oxygen atoms in total. The smallest absolute Gasteiger partial charge is 0.255 e. The molecule has 2 heterocycles.